The van der Waals surface area contributed by atoms with Gasteiger partial charge in [-0.2, -0.15) is 11.8 Å². The summed E-state index contributed by atoms with van der Waals surface area (Å²) >= 11 is 2.14. The van der Waals surface area contributed by atoms with Crippen LogP contribution in [0.2, 0.25) is 0 Å². The first-order valence-electron chi connectivity index (χ1n) is 6.54. The van der Waals surface area contributed by atoms with E-state index in [0.717, 1.165) is 10.5 Å². The summed E-state index contributed by atoms with van der Waals surface area (Å²) in [6.07, 6.45) is 5.13. The third kappa shape index (κ3) is 7.24. The van der Waals surface area contributed by atoms with Crippen molar-refractivity contribution in [1.82, 2.24) is 5.32 Å². The average molecular weight is 231 g/mol. The fourth-order valence-electron chi connectivity index (χ4n) is 1.89. The summed E-state index contributed by atoms with van der Waals surface area (Å²) < 4.78 is 0. The molecule has 0 radical (unpaired) electrons. The number of thioether (sulfide) groups is 1. The molecule has 0 saturated carbocycles. The Labute approximate surface area is 101 Å². The van der Waals surface area contributed by atoms with E-state index in [-0.39, 0.29) is 0 Å². The average Bonchev–Trinajstić information content (AvgIpc) is 2.20. The molecular formula is C13H29NS. The highest BCUT2D eigenvalue weighted by Crippen LogP contribution is 2.25. The molecule has 0 aliphatic rings. The van der Waals surface area contributed by atoms with E-state index in [1.54, 1.807) is 0 Å². The Morgan fingerprint density at radius 2 is 1.73 bits per heavy atom. The van der Waals surface area contributed by atoms with Crippen LogP contribution in [-0.4, -0.2) is 23.1 Å². The summed E-state index contributed by atoms with van der Waals surface area (Å²) in [7, 11) is 0. The molecule has 0 bridgehead atoms. The lowest BCUT2D eigenvalue weighted by atomic mass is 10.1. The van der Waals surface area contributed by atoms with Crippen LogP contribution in [0.3, 0.4) is 0 Å². The quantitative estimate of drug-likeness (QED) is 0.642. The van der Waals surface area contributed by atoms with Crippen molar-refractivity contribution in [3.63, 3.8) is 0 Å². The highest BCUT2D eigenvalue weighted by atomic mass is 32.2. The van der Waals surface area contributed by atoms with Crippen molar-refractivity contribution < 1.29 is 0 Å². The van der Waals surface area contributed by atoms with Gasteiger partial charge in [0.1, 0.15) is 0 Å². The standard InChI is InChI=1S/C13H29NS/c1-6-9-12(14-10-7-2)13(8-3)15-11(4)5/h11-14H,6-10H2,1-5H3. The van der Waals surface area contributed by atoms with E-state index in [0.29, 0.717) is 6.04 Å². The summed E-state index contributed by atoms with van der Waals surface area (Å²) in [4.78, 5) is 0. The van der Waals surface area contributed by atoms with Gasteiger partial charge in [0.2, 0.25) is 0 Å². The second kappa shape index (κ2) is 9.53. The first kappa shape index (κ1) is 15.3. The lowest BCUT2D eigenvalue weighted by molar-refractivity contribution is 0.454. The molecule has 15 heavy (non-hydrogen) atoms. The zero-order valence-corrected chi connectivity index (χ0v) is 12.0. The summed E-state index contributed by atoms with van der Waals surface area (Å²) in [5.41, 5.74) is 0. The van der Waals surface area contributed by atoms with E-state index in [4.69, 9.17) is 0 Å². The predicted molar refractivity (Wildman–Crippen MR) is 73.8 cm³/mol. The number of rotatable bonds is 9. The van der Waals surface area contributed by atoms with Crippen LogP contribution < -0.4 is 5.32 Å². The van der Waals surface area contributed by atoms with E-state index in [1.807, 2.05) is 0 Å². The lowest BCUT2D eigenvalue weighted by Gasteiger charge is -2.28. The molecule has 0 aliphatic carbocycles. The van der Waals surface area contributed by atoms with Crippen molar-refractivity contribution in [3.05, 3.63) is 0 Å². The maximum absolute atomic E-state index is 3.71. The van der Waals surface area contributed by atoms with Gasteiger partial charge >= 0.3 is 0 Å². The molecule has 0 spiro atoms. The molecule has 0 aliphatic heterocycles. The van der Waals surface area contributed by atoms with E-state index >= 15 is 0 Å². The molecule has 2 heteroatoms. The van der Waals surface area contributed by atoms with Gasteiger partial charge in [-0.05, 0) is 31.1 Å². The van der Waals surface area contributed by atoms with E-state index in [9.17, 15) is 0 Å². The van der Waals surface area contributed by atoms with Gasteiger partial charge in [0.15, 0.2) is 0 Å². The zero-order chi connectivity index (χ0) is 11.7. The molecule has 0 saturated heterocycles. The molecule has 0 fully saturated rings. The molecule has 0 amide bonds. The summed E-state index contributed by atoms with van der Waals surface area (Å²) in [5, 5.41) is 5.24. The molecule has 1 N–H and O–H groups in total. The van der Waals surface area contributed by atoms with Crippen LogP contribution >= 0.6 is 11.8 Å². The molecule has 0 aromatic rings. The van der Waals surface area contributed by atoms with Gasteiger partial charge in [-0.3, -0.25) is 0 Å². The Morgan fingerprint density at radius 1 is 1.07 bits per heavy atom. The molecule has 2 unspecified atom stereocenters. The monoisotopic (exact) mass is 231 g/mol. The summed E-state index contributed by atoms with van der Waals surface area (Å²) in [5.74, 6) is 0. The minimum Gasteiger partial charge on any atom is -0.313 e. The van der Waals surface area contributed by atoms with Crippen LogP contribution in [0.25, 0.3) is 0 Å². The molecule has 1 nitrogen and oxygen atoms in total. The highest BCUT2D eigenvalue weighted by molar-refractivity contribution is 8.00. The molecule has 92 valence electrons. The molecule has 2 atom stereocenters. The third-order valence-corrected chi connectivity index (χ3v) is 4.11. The molecule has 0 heterocycles. The van der Waals surface area contributed by atoms with Crippen molar-refractivity contribution in [2.75, 3.05) is 6.54 Å². The second-order valence-corrected chi connectivity index (χ2v) is 6.30. The SMILES string of the molecule is CCCNC(CCC)C(CC)SC(C)C. The maximum atomic E-state index is 3.71. The normalized spacial score (nSPS) is 15.6. The van der Waals surface area contributed by atoms with Crippen molar-refractivity contribution in [3.8, 4) is 0 Å². The van der Waals surface area contributed by atoms with E-state index in [1.165, 1.54) is 32.2 Å². The second-order valence-electron chi connectivity index (χ2n) is 4.48. The Morgan fingerprint density at radius 3 is 2.13 bits per heavy atom. The first-order valence-corrected chi connectivity index (χ1v) is 7.48. The van der Waals surface area contributed by atoms with Gasteiger partial charge in [0, 0.05) is 11.3 Å². The van der Waals surface area contributed by atoms with E-state index in [2.05, 4.69) is 51.7 Å². The largest absolute Gasteiger partial charge is 0.313 e. The number of nitrogens with one attached hydrogen (secondary N) is 1. The Bertz CT molecular complexity index is 136. The van der Waals surface area contributed by atoms with Crippen LogP contribution in [0.15, 0.2) is 0 Å². The number of hydrogen-bond acceptors (Lipinski definition) is 2. The predicted octanol–water partition coefficient (Wildman–Crippen LogP) is 4.07. The van der Waals surface area contributed by atoms with Crippen LogP contribution in [-0.2, 0) is 0 Å². The topological polar surface area (TPSA) is 12.0 Å². The molecule has 0 rings (SSSR count). The van der Waals surface area contributed by atoms with Gasteiger partial charge in [0.05, 0.1) is 0 Å². The third-order valence-electron chi connectivity index (χ3n) is 2.55. The highest BCUT2D eigenvalue weighted by Gasteiger charge is 2.19. The maximum Gasteiger partial charge on any atom is 0.0201 e. The fourth-order valence-corrected chi connectivity index (χ4v) is 3.20. The van der Waals surface area contributed by atoms with Gasteiger partial charge in [-0.25, -0.2) is 0 Å². The van der Waals surface area contributed by atoms with Crippen molar-refractivity contribution in [2.45, 2.75) is 76.8 Å². The Balaban J connectivity index is 4.12. The van der Waals surface area contributed by atoms with Crippen LogP contribution in [0.1, 0.15) is 60.3 Å². The molecule has 0 aromatic heterocycles. The lowest BCUT2D eigenvalue weighted by Crippen LogP contribution is -2.38. The Kier molecular flexibility index (Phi) is 9.73. The summed E-state index contributed by atoms with van der Waals surface area (Å²) in [6.45, 7) is 12.6. The minimum atomic E-state index is 0.715. The van der Waals surface area contributed by atoms with Crippen molar-refractivity contribution in [1.29, 1.82) is 0 Å². The van der Waals surface area contributed by atoms with Gasteiger partial charge in [-0.1, -0.05) is 41.0 Å². The Hall–Kier alpha value is 0.310. The first-order chi connectivity index (χ1) is 7.15. The van der Waals surface area contributed by atoms with Gasteiger partial charge in [0.25, 0.3) is 0 Å². The van der Waals surface area contributed by atoms with Crippen LogP contribution in [0.5, 0.6) is 0 Å². The zero-order valence-electron chi connectivity index (χ0n) is 11.2. The number of hydrogen-bond donors (Lipinski definition) is 1. The smallest absolute Gasteiger partial charge is 0.0201 e. The fraction of sp³-hybridized carbons (Fsp3) is 1.00. The van der Waals surface area contributed by atoms with Gasteiger partial charge in [-0.15, -0.1) is 0 Å². The van der Waals surface area contributed by atoms with Crippen LogP contribution in [0, 0.1) is 0 Å². The van der Waals surface area contributed by atoms with Crippen molar-refractivity contribution >= 4 is 11.8 Å². The summed E-state index contributed by atoms with van der Waals surface area (Å²) in [6, 6.07) is 0.715. The molecular weight excluding hydrogens is 202 g/mol. The minimum absolute atomic E-state index is 0.715. The van der Waals surface area contributed by atoms with Crippen LogP contribution in [0.4, 0.5) is 0 Å². The van der Waals surface area contributed by atoms with Crippen molar-refractivity contribution in [2.24, 2.45) is 0 Å². The van der Waals surface area contributed by atoms with Gasteiger partial charge < -0.3 is 5.32 Å². The molecule has 0 aromatic carbocycles. The van der Waals surface area contributed by atoms with E-state index < -0.39 is 0 Å².